The summed E-state index contributed by atoms with van der Waals surface area (Å²) in [5.74, 6) is -0.204. The Labute approximate surface area is 272 Å². The Hall–Kier alpha value is -2.79. The highest BCUT2D eigenvalue weighted by Crippen LogP contribution is 2.30. The highest BCUT2D eigenvalue weighted by Gasteiger charge is 2.34. The van der Waals surface area contributed by atoms with E-state index in [1.165, 1.54) is 17.0 Å². The van der Waals surface area contributed by atoms with Crippen molar-refractivity contribution in [2.45, 2.75) is 51.6 Å². The van der Waals surface area contributed by atoms with Gasteiger partial charge in [-0.1, -0.05) is 66.0 Å². The van der Waals surface area contributed by atoms with E-state index in [0.717, 1.165) is 4.31 Å². The van der Waals surface area contributed by atoms with Crippen molar-refractivity contribution in [3.05, 3.63) is 86.8 Å². The summed E-state index contributed by atoms with van der Waals surface area (Å²) in [4.78, 5) is 28.9. The Kier molecular flexibility index (Phi) is 12.7. The molecule has 1 atom stereocenters. The molecule has 0 heterocycles. The first-order valence-corrected chi connectivity index (χ1v) is 16.9. The minimum atomic E-state index is -4.22. The fraction of sp³-hybridized carbons (Fsp3) is 0.355. The lowest BCUT2D eigenvalue weighted by Gasteiger charge is -2.33. The van der Waals surface area contributed by atoms with Crippen LogP contribution in [0.4, 0.5) is 5.69 Å². The summed E-state index contributed by atoms with van der Waals surface area (Å²) in [6, 6.07) is 16.7. The maximum atomic E-state index is 14.2. The van der Waals surface area contributed by atoms with Crippen molar-refractivity contribution in [2.24, 2.45) is 5.92 Å². The van der Waals surface area contributed by atoms with E-state index in [1.54, 1.807) is 61.5 Å². The Morgan fingerprint density at radius 2 is 1.56 bits per heavy atom. The normalized spacial score (nSPS) is 12.1. The largest absolute Gasteiger partial charge is 0.494 e. The third-order valence-electron chi connectivity index (χ3n) is 6.58. The van der Waals surface area contributed by atoms with E-state index in [1.807, 2.05) is 20.8 Å². The van der Waals surface area contributed by atoms with Gasteiger partial charge in [-0.15, -0.1) is 0 Å². The molecule has 12 heteroatoms. The standard InChI is InChI=1S/C31H36BrCl2N3O5S/c1-5-29(31(39)35-18-21(3)4)36(19-26-27(33)8-7-9-28(26)34)30(38)20-37(23-12-14-24(15-13-23)42-6-2)43(40,41)25-16-10-22(32)11-17-25/h7-17,21,29H,5-6,18-20H2,1-4H3,(H,35,39)/t29-/m0/s1. The number of hydrogen-bond donors (Lipinski definition) is 1. The molecule has 0 spiro atoms. The van der Waals surface area contributed by atoms with Gasteiger partial charge in [0.2, 0.25) is 11.8 Å². The first-order chi connectivity index (χ1) is 20.4. The quantitative estimate of drug-likeness (QED) is 0.196. The lowest BCUT2D eigenvalue weighted by Crippen LogP contribution is -2.52. The fourth-order valence-corrected chi connectivity index (χ4v) is 6.53. The van der Waals surface area contributed by atoms with E-state index in [9.17, 15) is 18.0 Å². The molecule has 1 N–H and O–H groups in total. The van der Waals surface area contributed by atoms with Crippen LogP contribution in [0.15, 0.2) is 76.1 Å². The van der Waals surface area contributed by atoms with Crippen LogP contribution in [-0.2, 0) is 26.2 Å². The van der Waals surface area contributed by atoms with E-state index in [0.29, 0.717) is 39.0 Å². The summed E-state index contributed by atoms with van der Waals surface area (Å²) >= 11 is 16.3. The summed E-state index contributed by atoms with van der Waals surface area (Å²) < 4.78 is 35.3. The van der Waals surface area contributed by atoms with Gasteiger partial charge in [0.15, 0.2) is 0 Å². The maximum Gasteiger partial charge on any atom is 0.264 e. The molecular weight excluding hydrogens is 677 g/mol. The second-order valence-electron chi connectivity index (χ2n) is 10.2. The number of ether oxygens (including phenoxy) is 1. The zero-order valence-corrected chi connectivity index (χ0v) is 28.4. The number of nitrogens with one attached hydrogen (secondary N) is 1. The monoisotopic (exact) mass is 711 g/mol. The van der Waals surface area contributed by atoms with E-state index >= 15 is 0 Å². The van der Waals surface area contributed by atoms with Crippen molar-refractivity contribution < 1.29 is 22.7 Å². The van der Waals surface area contributed by atoms with Crippen LogP contribution in [0.25, 0.3) is 0 Å². The molecule has 0 bridgehead atoms. The first-order valence-electron chi connectivity index (χ1n) is 13.9. The molecule has 0 saturated heterocycles. The van der Waals surface area contributed by atoms with Crippen molar-refractivity contribution in [3.8, 4) is 5.75 Å². The van der Waals surface area contributed by atoms with Gasteiger partial charge in [-0.25, -0.2) is 8.42 Å². The van der Waals surface area contributed by atoms with Gasteiger partial charge in [0.25, 0.3) is 10.0 Å². The SMILES string of the molecule is CCOc1ccc(N(CC(=O)N(Cc2c(Cl)cccc2Cl)[C@@H](CC)C(=O)NCC(C)C)S(=O)(=O)c2ccc(Br)cc2)cc1. The average molecular weight is 714 g/mol. The molecule has 43 heavy (non-hydrogen) atoms. The number of rotatable bonds is 14. The smallest absolute Gasteiger partial charge is 0.264 e. The average Bonchev–Trinajstić information content (AvgIpc) is 2.97. The summed E-state index contributed by atoms with van der Waals surface area (Å²) in [5, 5.41) is 3.55. The number of anilines is 1. The van der Waals surface area contributed by atoms with Crippen LogP contribution in [0.2, 0.25) is 10.0 Å². The third-order valence-corrected chi connectivity index (χ3v) is 9.60. The Balaban J connectivity index is 2.09. The van der Waals surface area contributed by atoms with Crippen LogP contribution in [0, 0.1) is 5.92 Å². The second kappa shape index (κ2) is 15.8. The number of carbonyl (C=O) groups excluding carboxylic acids is 2. The van der Waals surface area contributed by atoms with Crippen molar-refractivity contribution in [1.29, 1.82) is 0 Å². The van der Waals surface area contributed by atoms with Gasteiger partial charge in [0.1, 0.15) is 18.3 Å². The molecule has 0 unspecified atom stereocenters. The van der Waals surface area contributed by atoms with E-state index in [4.69, 9.17) is 27.9 Å². The minimum Gasteiger partial charge on any atom is -0.494 e. The Morgan fingerprint density at radius 1 is 0.953 bits per heavy atom. The van der Waals surface area contributed by atoms with Gasteiger partial charge in [0, 0.05) is 33.2 Å². The van der Waals surface area contributed by atoms with E-state index in [-0.39, 0.29) is 35.4 Å². The predicted molar refractivity (Wildman–Crippen MR) is 175 cm³/mol. The molecule has 3 aromatic carbocycles. The van der Waals surface area contributed by atoms with Crippen LogP contribution in [0.1, 0.15) is 39.7 Å². The molecule has 0 aromatic heterocycles. The highest BCUT2D eigenvalue weighted by molar-refractivity contribution is 9.10. The number of sulfonamides is 1. The number of nitrogens with zero attached hydrogens (tertiary/aromatic N) is 2. The van der Waals surface area contributed by atoms with Gasteiger partial charge in [-0.2, -0.15) is 0 Å². The predicted octanol–water partition coefficient (Wildman–Crippen LogP) is 6.93. The Morgan fingerprint density at radius 3 is 2.09 bits per heavy atom. The first kappa shape index (κ1) is 34.7. The summed E-state index contributed by atoms with van der Waals surface area (Å²) in [6.07, 6.45) is 0.278. The maximum absolute atomic E-state index is 14.2. The van der Waals surface area contributed by atoms with Gasteiger partial charge in [-0.05, 0) is 79.9 Å². The Bertz CT molecular complexity index is 1480. The minimum absolute atomic E-state index is 0.000184. The van der Waals surface area contributed by atoms with Gasteiger partial charge in [-0.3, -0.25) is 13.9 Å². The molecule has 0 radical (unpaired) electrons. The lowest BCUT2D eigenvalue weighted by molar-refractivity contribution is -0.140. The topological polar surface area (TPSA) is 96.0 Å². The number of hydrogen-bond acceptors (Lipinski definition) is 5. The molecule has 3 aromatic rings. The number of carbonyl (C=O) groups is 2. The van der Waals surface area contributed by atoms with Crippen LogP contribution >= 0.6 is 39.1 Å². The van der Waals surface area contributed by atoms with E-state index < -0.39 is 28.5 Å². The van der Waals surface area contributed by atoms with Crippen molar-refractivity contribution in [2.75, 3.05) is 24.0 Å². The zero-order chi connectivity index (χ0) is 31.7. The summed E-state index contributed by atoms with van der Waals surface area (Å²) in [6.45, 7) is 7.75. The third kappa shape index (κ3) is 9.11. The van der Waals surface area contributed by atoms with Gasteiger partial charge >= 0.3 is 0 Å². The molecule has 8 nitrogen and oxygen atoms in total. The molecule has 0 aliphatic carbocycles. The van der Waals surface area contributed by atoms with Crippen LogP contribution in [0.3, 0.4) is 0 Å². The molecule has 232 valence electrons. The van der Waals surface area contributed by atoms with E-state index in [2.05, 4.69) is 21.2 Å². The number of amides is 2. The van der Waals surface area contributed by atoms with Gasteiger partial charge in [0.05, 0.1) is 17.2 Å². The molecule has 0 fully saturated rings. The molecule has 3 rings (SSSR count). The molecular formula is C31H36BrCl2N3O5S. The number of benzene rings is 3. The zero-order valence-electron chi connectivity index (χ0n) is 24.5. The fourth-order valence-electron chi connectivity index (χ4n) is 4.33. The lowest BCUT2D eigenvalue weighted by atomic mass is 10.1. The second-order valence-corrected chi connectivity index (χ2v) is 13.8. The summed E-state index contributed by atoms with van der Waals surface area (Å²) in [5.41, 5.74) is 0.713. The highest BCUT2D eigenvalue weighted by atomic mass is 79.9. The molecule has 0 aliphatic rings. The van der Waals surface area contributed by atoms with Crippen molar-refractivity contribution >= 4 is 66.7 Å². The molecule has 0 aliphatic heterocycles. The van der Waals surface area contributed by atoms with Gasteiger partial charge < -0.3 is 15.0 Å². The number of halogens is 3. The van der Waals surface area contributed by atoms with Crippen LogP contribution < -0.4 is 14.4 Å². The molecule has 2 amide bonds. The molecule has 0 saturated carbocycles. The van der Waals surface area contributed by atoms with Crippen LogP contribution in [-0.4, -0.2) is 50.9 Å². The van der Waals surface area contributed by atoms with Crippen LogP contribution in [0.5, 0.6) is 5.75 Å². The van der Waals surface area contributed by atoms with Crippen molar-refractivity contribution in [1.82, 2.24) is 10.2 Å². The van der Waals surface area contributed by atoms with Crippen molar-refractivity contribution in [3.63, 3.8) is 0 Å². The summed E-state index contributed by atoms with van der Waals surface area (Å²) in [7, 11) is -4.22.